The predicted octanol–water partition coefficient (Wildman–Crippen LogP) is 6.23. The third kappa shape index (κ3) is 4.71. The zero-order valence-electron chi connectivity index (χ0n) is 25.1. The van der Waals surface area contributed by atoms with Crippen LogP contribution in [0.15, 0.2) is 42.5 Å². The van der Waals surface area contributed by atoms with Crippen molar-refractivity contribution < 1.29 is 14.9 Å². The SMILES string of the molecule is CCCCN(CCCCCCc1ccccc1)C1CC[C@@]2(O)[C@H]3Cc4ccc(O)c5c4[C@@]2(CCN3CC2CC2)C1O5. The molecule has 0 radical (unpaired) electrons. The Bertz CT molecular complexity index is 1210. The molecule has 2 N–H and O–H groups in total. The molecule has 5 heteroatoms. The number of piperidine rings is 1. The molecule has 5 nitrogen and oxygen atoms in total. The van der Waals surface area contributed by atoms with Gasteiger partial charge in [0.05, 0.1) is 11.0 Å². The van der Waals surface area contributed by atoms with Crippen LogP contribution in [-0.4, -0.2) is 70.0 Å². The normalized spacial score (nSPS) is 31.7. The molecule has 3 fully saturated rings. The van der Waals surface area contributed by atoms with Crippen LogP contribution >= 0.6 is 0 Å². The molecule has 7 rings (SSSR count). The van der Waals surface area contributed by atoms with Crippen LogP contribution in [0.5, 0.6) is 11.5 Å². The molecule has 0 aromatic heterocycles. The highest BCUT2D eigenvalue weighted by atomic mass is 16.5. The van der Waals surface area contributed by atoms with Crippen molar-refractivity contribution >= 4 is 0 Å². The number of hydrogen-bond donors (Lipinski definition) is 2. The molecule has 222 valence electrons. The van der Waals surface area contributed by atoms with E-state index >= 15 is 0 Å². The third-order valence-corrected chi connectivity index (χ3v) is 11.5. The molecule has 2 aromatic carbocycles. The van der Waals surface area contributed by atoms with Crippen molar-refractivity contribution in [3.63, 3.8) is 0 Å². The van der Waals surface area contributed by atoms with Gasteiger partial charge in [-0.3, -0.25) is 9.80 Å². The largest absolute Gasteiger partial charge is 0.504 e. The number of likely N-dealkylation sites (tertiary alicyclic amines) is 1. The van der Waals surface area contributed by atoms with Gasteiger partial charge < -0.3 is 14.9 Å². The van der Waals surface area contributed by atoms with E-state index in [2.05, 4.69) is 53.1 Å². The number of benzene rings is 2. The molecule has 2 heterocycles. The van der Waals surface area contributed by atoms with Crippen LogP contribution in [0.1, 0.15) is 94.2 Å². The number of unbranched alkanes of at least 4 members (excludes halogenated alkanes) is 4. The number of hydrogen-bond acceptors (Lipinski definition) is 5. The highest BCUT2D eigenvalue weighted by Crippen LogP contribution is 2.66. The predicted molar refractivity (Wildman–Crippen MR) is 164 cm³/mol. The Hall–Kier alpha value is -2.08. The maximum Gasteiger partial charge on any atom is 0.165 e. The smallest absolute Gasteiger partial charge is 0.165 e. The van der Waals surface area contributed by atoms with E-state index in [0.29, 0.717) is 5.75 Å². The van der Waals surface area contributed by atoms with Crippen LogP contribution in [0.3, 0.4) is 0 Å². The summed E-state index contributed by atoms with van der Waals surface area (Å²) in [6, 6.07) is 15.3. The van der Waals surface area contributed by atoms with Gasteiger partial charge in [-0.2, -0.15) is 0 Å². The lowest BCUT2D eigenvalue weighted by molar-refractivity contribution is -0.200. The van der Waals surface area contributed by atoms with Gasteiger partial charge >= 0.3 is 0 Å². The van der Waals surface area contributed by atoms with Crippen LogP contribution < -0.4 is 4.74 Å². The van der Waals surface area contributed by atoms with E-state index in [4.69, 9.17) is 4.74 Å². The van der Waals surface area contributed by atoms with E-state index in [1.165, 1.54) is 68.9 Å². The lowest BCUT2D eigenvalue weighted by atomic mass is 9.48. The first-order valence-corrected chi connectivity index (χ1v) is 16.8. The van der Waals surface area contributed by atoms with Gasteiger partial charge in [0.15, 0.2) is 11.5 Å². The Labute approximate surface area is 246 Å². The van der Waals surface area contributed by atoms with Crippen molar-refractivity contribution in [3.8, 4) is 11.5 Å². The number of ether oxygens (including phenoxy) is 1. The molecule has 1 saturated heterocycles. The van der Waals surface area contributed by atoms with Crippen molar-refractivity contribution in [2.24, 2.45) is 5.92 Å². The first kappa shape index (κ1) is 27.7. The summed E-state index contributed by atoms with van der Waals surface area (Å²) in [7, 11) is 0. The number of phenols is 1. The summed E-state index contributed by atoms with van der Waals surface area (Å²) < 4.78 is 6.90. The highest BCUT2D eigenvalue weighted by molar-refractivity contribution is 5.62. The van der Waals surface area contributed by atoms with Crippen LogP contribution in [0.2, 0.25) is 0 Å². The molecular formula is C36H50N2O3. The highest BCUT2D eigenvalue weighted by Gasteiger charge is 2.73. The Morgan fingerprint density at radius 1 is 0.951 bits per heavy atom. The molecule has 2 aliphatic heterocycles. The molecule has 2 unspecified atom stereocenters. The summed E-state index contributed by atoms with van der Waals surface area (Å²) >= 11 is 0. The van der Waals surface area contributed by atoms with Gasteiger partial charge in [0.25, 0.3) is 0 Å². The molecule has 2 aromatic rings. The molecule has 41 heavy (non-hydrogen) atoms. The number of phenolic OH excluding ortho intramolecular Hbond substituents is 1. The molecule has 5 atom stereocenters. The van der Waals surface area contributed by atoms with E-state index < -0.39 is 11.0 Å². The zero-order chi connectivity index (χ0) is 28.0. The average Bonchev–Trinajstić information content (AvgIpc) is 3.73. The van der Waals surface area contributed by atoms with Gasteiger partial charge in [-0.15, -0.1) is 0 Å². The lowest BCUT2D eigenvalue weighted by Crippen LogP contribution is -2.78. The first-order valence-electron chi connectivity index (χ1n) is 16.8. The van der Waals surface area contributed by atoms with E-state index in [1.807, 2.05) is 6.07 Å². The zero-order valence-corrected chi connectivity index (χ0v) is 25.1. The minimum Gasteiger partial charge on any atom is -0.504 e. The van der Waals surface area contributed by atoms with E-state index in [9.17, 15) is 10.2 Å². The maximum absolute atomic E-state index is 12.8. The second kappa shape index (κ2) is 11.2. The molecule has 1 spiro atoms. The molecular weight excluding hydrogens is 508 g/mol. The topological polar surface area (TPSA) is 56.2 Å². The number of rotatable bonds is 13. The van der Waals surface area contributed by atoms with Gasteiger partial charge in [-0.1, -0.05) is 62.6 Å². The Morgan fingerprint density at radius 3 is 2.56 bits per heavy atom. The minimum atomic E-state index is -0.790. The number of aromatic hydroxyl groups is 1. The molecule has 3 aliphatic carbocycles. The maximum atomic E-state index is 12.8. The van der Waals surface area contributed by atoms with Crippen LogP contribution in [-0.2, 0) is 18.3 Å². The minimum absolute atomic E-state index is 0.0934. The van der Waals surface area contributed by atoms with Crippen LogP contribution in [0.25, 0.3) is 0 Å². The number of aryl methyl sites for hydroxylation is 1. The lowest BCUT2D eigenvalue weighted by Gasteiger charge is -2.65. The second-order valence-corrected chi connectivity index (χ2v) is 13.9. The summed E-state index contributed by atoms with van der Waals surface area (Å²) in [5, 5.41) is 23.8. The fourth-order valence-corrected chi connectivity index (χ4v) is 9.28. The molecule has 5 aliphatic rings. The van der Waals surface area contributed by atoms with Gasteiger partial charge in [-0.25, -0.2) is 0 Å². The molecule has 2 saturated carbocycles. The average molecular weight is 559 g/mol. The van der Waals surface area contributed by atoms with E-state index in [1.54, 1.807) is 0 Å². The van der Waals surface area contributed by atoms with Gasteiger partial charge in [0, 0.05) is 24.2 Å². The summed E-state index contributed by atoms with van der Waals surface area (Å²) in [5.74, 6) is 1.75. The Kier molecular flexibility index (Phi) is 7.58. The van der Waals surface area contributed by atoms with Crippen molar-refractivity contribution in [1.82, 2.24) is 9.80 Å². The van der Waals surface area contributed by atoms with Crippen LogP contribution in [0.4, 0.5) is 0 Å². The van der Waals surface area contributed by atoms with Crippen molar-refractivity contribution in [2.75, 3.05) is 26.2 Å². The standard InChI is InChI=1S/C36H50N2O3/c1-2-3-21-37(22-10-5-4-7-11-26-12-8-6-9-13-26)29-18-19-36(40)31-24-28-16-17-30(39)33-32(28)35(36,34(29)41-33)20-23-38(31)25-27-14-15-27/h6,8-9,12-13,16-17,27,29,31,34,39-40H,2-5,7,10-11,14-15,18-25H2,1H3/t29?,31-,34?,35+,36-/m1/s1. The van der Waals surface area contributed by atoms with Crippen molar-refractivity contribution in [2.45, 2.75) is 120 Å². The van der Waals surface area contributed by atoms with Gasteiger partial charge in [-0.05, 0) is 107 Å². The number of aliphatic hydroxyl groups is 1. The third-order valence-electron chi connectivity index (χ3n) is 11.5. The fraction of sp³-hybridized carbons (Fsp3) is 0.667. The Morgan fingerprint density at radius 2 is 1.76 bits per heavy atom. The fourth-order valence-electron chi connectivity index (χ4n) is 9.28. The monoisotopic (exact) mass is 558 g/mol. The van der Waals surface area contributed by atoms with Crippen LogP contribution in [0, 0.1) is 5.92 Å². The molecule has 2 bridgehead atoms. The summed E-state index contributed by atoms with van der Waals surface area (Å²) in [6.07, 6.45) is 14.7. The summed E-state index contributed by atoms with van der Waals surface area (Å²) in [5.41, 5.74) is 2.70. The Balaban J connectivity index is 1.11. The molecule has 0 amide bonds. The van der Waals surface area contributed by atoms with Gasteiger partial charge in [0.1, 0.15) is 6.10 Å². The quantitative estimate of drug-likeness (QED) is 0.286. The van der Waals surface area contributed by atoms with E-state index in [0.717, 1.165) is 63.3 Å². The van der Waals surface area contributed by atoms with E-state index in [-0.39, 0.29) is 23.9 Å². The van der Waals surface area contributed by atoms with Crippen molar-refractivity contribution in [3.05, 3.63) is 59.2 Å². The number of nitrogens with zero attached hydrogens (tertiary/aromatic N) is 2. The summed E-state index contributed by atoms with van der Waals surface area (Å²) in [6.45, 7) is 6.63. The second-order valence-electron chi connectivity index (χ2n) is 13.9. The van der Waals surface area contributed by atoms with Crippen molar-refractivity contribution in [1.29, 1.82) is 0 Å². The summed E-state index contributed by atoms with van der Waals surface area (Å²) in [4.78, 5) is 5.36. The first-order chi connectivity index (χ1) is 20.0. The van der Waals surface area contributed by atoms with Gasteiger partial charge in [0.2, 0.25) is 0 Å².